The Morgan fingerprint density at radius 1 is 1.12 bits per heavy atom. The second kappa shape index (κ2) is 7.21. The van der Waals surface area contributed by atoms with Crippen LogP contribution in [0.1, 0.15) is 35.3 Å². The number of hydrogen-bond donors (Lipinski definition) is 2. The SMILES string of the molecule is CC[C@@H](NC(=O)c1c[nH]c(=O)c2ccccc12)c1ccc(OC)cc1. The van der Waals surface area contributed by atoms with E-state index in [1.807, 2.05) is 37.3 Å². The van der Waals surface area contributed by atoms with Gasteiger partial charge in [0.05, 0.1) is 18.7 Å². The number of hydrogen-bond acceptors (Lipinski definition) is 3. The van der Waals surface area contributed by atoms with Crippen molar-refractivity contribution in [2.24, 2.45) is 0 Å². The van der Waals surface area contributed by atoms with Crippen LogP contribution < -0.4 is 15.6 Å². The van der Waals surface area contributed by atoms with E-state index in [2.05, 4.69) is 10.3 Å². The molecule has 0 bridgehead atoms. The van der Waals surface area contributed by atoms with E-state index >= 15 is 0 Å². The van der Waals surface area contributed by atoms with Crippen molar-refractivity contribution in [2.45, 2.75) is 19.4 Å². The summed E-state index contributed by atoms with van der Waals surface area (Å²) < 4.78 is 5.17. The van der Waals surface area contributed by atoms with Crippen molar-refractivity contribution in [2.75, 3.05) is 7.11 Å². The molecule has 5 heteroatoms. The van der Waals surface area contributed by atoms with Crippen LogP contribution in [0.4, 0.5) is 0 Å². The normalized spacial score (nSPS) is 11.9. The summed E-state index contributed by atoms with van der Waals surface area (Å²) in [5.41, 5.74) is 1.27. The van der Waals surface area contributed by atoms with Gasteiger partial charge in [-0.25, -0.2) is 0 Å². The molecule has 1 heterocycles. The van der Waals surface area contributed by atoms with Gasteiger partial charge in [-0.05, 0) is 30.2 Å². The van der Waals surface area contributed by atoms with E-state index in [1.165, 1.54) is 6.20 Å². The van der Waals surface area contributed by atoms with Crippen LogP contribution in [0.25, 0.3) is 10.8 Å². The fourth-order valence-corrected chi connectivity index (χ4v) is 2.89. The Kier molecular flexibility index (Phi) is 4.84. The van der Waals surface area contributed by atoms with Crippen LogP contribution in [-0.4, -0.2) is 18.0 Å². The first-order chi connectivity index (χ1) is 12.1. The number of benzene rings is 2. The molecule has 0 fully saturated rings. The second-order valence-corrected chi connectivity index (χ2v) is 5.78. The summed E-state index contributed by atoms with van der Waals surface area (Å²) in [6, 6.07) is 14.6. The van der Waals surface area contributed by atoms with E-state index in [1.54, 1.807) is 25.3 Å². The van der Waals surface area contributed by atoms with Crippen LogP contribution in [0.3, 0.4) is 0 Å². The first-order valence-electron chi connectivity index (χ1n) is 8.19. The molecule has 3 rings (SSSR count). The molecule has 1 amide bonds. The number of pyridine rings is 1. The number of carbonyl (C=O) groups excluding carboxylic acids is 1. The van der Waals surface area contributed by atoms with E-state index < -0.39 is 0 Å². The lowest BCUT2D eigenvalue weighted by Crippen LogP contribution is -2.29. The van der Waals surface area contributed by atoms with E-state index in [-0.39, 0.29) is 17.5 Å². The third-order valence-corrected chi connectivity index (χ3v) is 4.29. The Hall–Kier alpha value is -3.08. The molecule has 0 spiro atoms. The zero-order chi connectivity index (χ0) is 17.8. The van der Waals surface area contributed by atoms with Gasteiger partial charge in [-0.3, -0.25) is 9.59 Å². The summed E-state index contributed by atoms with van der Waals surface area (Å²) >= 11 is 0. The average Bonchev–Trinajstić information content (AvgIpc) is 2.66. The van der Waals surface area contributed by atoms with Gasteiger partial charge in [0.15, 0.2) is 0 Å². The van der Waals surface area contributed by atoms with Crippen LogP contribution in [0, 0.1) is 0 Å². The average molecular weight is 336 g/mol. The van der Waals surface area contributed by atoms with Crippen LogP contribution in [0.2, 0.25) is 0 Å². The van der Waals surface area contributed by atoms with E-state index in [4.69, 9.17) is 4.74 Å². The van der Waals surface area contributed by atoms with Crippen molar-refractivity contribution >= 4 is 16.7 Å². The molecule has 0 aliphatic rings. The highest BCUT2D eigenvalue weighted by Crippen LogP contribution is 2.21. The lowest BCUT2D eigenvalue weighted by atomic mass is 10.0. The third-order valence-electron chi connectivity index (χ3n) is 4.29. The van der Waals surface area contributed by atoms with Gasteiger partial charge in [0, 0.05) is 17.0 Å². The molecule has 128 valence electrons. The number of carbonyl (C=O) groups is 1. The van der Waals surface area contributed by atoms with E-state index in [9.17, 15) is 9.59 Å². The molecular formula is C20H20N2O3. The first-order valence-corrected chi connectivity index (χ1v) is 8.19. The molecule has 1 aromatic heterocycles. The number of H-pyrrole nitrogens is 1. The number of methoxy groups -OCH3 is 1. The van der Waals surface area contributed by atoms with Crippen LogP contribution in [0.5, 0.6) is 5.75 Å². The predicted molar refractivity (Wildman–Crippen MR) is 98.1 cm³/mol. The van der Waals surface area contributed by atoms with Crippen molar-refractivity contribution in [1.29, 1.82) is 0 Å². The third kappa shape index (κ3) is 3.40. The van der Waals surface area contributed by atoms with Crippen LogP contribution in [0.15, 0.2) is 59.5 Å². The molecule has 1 atom stereocenters. The van der Waals surface area contributed by atoms with Crippen molar-refractivity contribution in [1.82, 2.24) is 10.3 Å². The zero-order valence-electron chi connectivity index (χ0n) is 14.2. The predicted octanol–water partition coefficient (Wildman–Crippen LogP) is 3.42. The maximum absolute atomic E-state index is 12.8. The van der Waals surface area contributed by atoms with Crippen molar-refractivity contribution in [3.63, 3.8) is 0 Å². The lowest BCUT2D eigenvalue weighted by Gasteiger charge is -2.18. The minimum atomic E-state index is -0.213. The Labute approximate surface area is 145 Å². The van der Waals surface area contributed by atoms with Gasteiger partial charge in [-0.15, -0.1) is 0 Å². The summed E-state index contributed by atoms with van der Waals surface area (Å²) in [5.74, 6) is 0.562. The van der Waals surface area contributed by atoms with E-state index in [0.717, 1.165) is 17.7 Å². The van der Waals surface area contributed by atoms with Gasteiger partial charge in [0.1, 0.15) is 5.75 Å². The Morgan fingerprint density at radius 2 is 1.80 bits per heavy atom. The first kappa shape index (κ1) is 16.8. The number of rotatable bonds is 5. The molecule has 5 nitrogen and oxygen atoms in total. The number of fused-ring (bicyclic) bond motifs is 1. The molecule has 3 aromatic rings. The molecule has 0 saturated heterocycles. The number of ether oxygens (including phenoxy) is 1. The highest BCUT2D eigenvalue weighted by molar-refractivity contribution is 6.06. The monoisotopic (exact) mass is 336 g/mol. The Morgan fingerprint density at radius 3 is 2.44 bits per heavy atom. The quantitative estimate of drug-likeness (QED) is 0.750. The summed E-state index contributed by atoms with van der Waals surface area (Å²) in [7, 11) is 1.62. The number of aromatic amines is 1. The Balaban J connectivity index is 1.90. The lowest BCUT2D eigenvalue weighted by molar-refractivity contribution is 0.0937. The van der Waals surface area contributed by atoms with Gasteiger partial charge in [-0.1, -0.05) is 37.3 Å². The fraction of sp³-hybridized carbons (Fsp3) is 0.200. The smallest absolute Gasteiger partial charge is 0.255 e. The maximum Gasteiger partial charge on any atom is 0.255 e. The molecule has 0 aliphatic carbocycles. The van der Waals surface area contributed by atoms with Crippen molar-refractivity contribution in [3.8, 4) is 5.75 Å². The van der Waals surface area contributed by atoms with Crippen LogP contribution in [-0.2, 0) is 0 Å². The standard InChI is InChI=1S/C20H20N2O3/c1-3-18(13-8-10-14(25-2)11-9-13)22-20(24)17-12-21-19(23)16-7-5-4-6-15(16)17/h4-12,18H,3H2,1-2H3,(H,21,23)(H,22,24)/t18-/m1/s1. The molecule has 0 saturated carbocycles. The topological polar surface area (TPSA) is 71.2 Å². The zero-order valence-corrected chi connectivity index (χ0v) is 14.2. The van der Waals surface area contributed by atoms with Gasteiger partial charge >= 0.3 is 0 Å². The maximum atomic E-state index is 12.8. The molecular weight excluding hydrogens is 316 g/mol. The Bertz CT molecular complexity index is 945. The van der Waals surface area contributed by atoms with Gasteiger partial charge < -0.3 is 15.0 Å². The number of aromatic nitrogens is 1. The molecule has 2 aromatic carbocycles. The summed E-state index contributed by atoms with van der Waals surface area (Å²) in [4.78, 5) is 27.3. The molecule has 0 aliphatic heterocycles. The van der Waals surface area contributed by atoms with Crippen molar-refractivity contribution < 1.29 is 9.53 Å². The highest BCUT2D eigenvalue weighted by Gasteiger charge is 2.17. The molecule has 0 unspecified atom stereocenters. The largest absolute Gasteiger partial charge is 0.497 e. The minimum absolute atomic E-state index is 0.121. The fourth-order valence-electron chi connectivity index (χ4n) is 2.89. The molecule has 0 radical (unpaired) electrons. The summed E-state index contributed by atoms with van der Waals surface area (Å²) in [5, 5.41) is 4.20. The van der Waals surface area contributed by atoms with Gasteiger partial charge in [0.2, 0.25) is 0 Å². The molecule has 2 N–H and O–H groups in total. The second-order valence-electron chi connectivity index (χ2n) is 5.78. The van der Waals surface area contributed by atoms with E-state index in [0.29, 0.717) is 16.3 Å². The van der Waals surface area contributed by atoms with Crippen LogP contribution >= 0.6 is 0 Å². The van der Waals surface area contributed by atoms with Gasteiger partial charge in [-0.2, -0.15) is 0 Å². The van der Waals surface area contributed by atoms with Crippen molar-refractivity contribution in [3.05, 3.63) is 76.2 Å². The van der Waals surface area contributed by atoms with Gasteiger partial charge in [0.25, 0.3) is 11.5 Å². The number of nitrogens with one attached hydrogen (secondary N) is 2. The summed E-state index contributed by atoms with van der Waals surface area (Å²) in [6.07, 6.45) is 2.22. The molecule has 25 heavy (non-hydrogen) atoms. The summed E-state index contributed by atoms with van der Waals surface area (Å²) in [6.45, 7) is 2.01. The highest BCUT2D eigenvalue weighted by atomic mass is 16.5. The number of amides is 1. The minimum Gasteiger partial charge on any atom is -0.497 e.